The fourth-order valence-corrected chi connectivity index (χ4v) is 3.07. The number of hydrazine groups is 1. The molecule has 0 radical (unpaired) electrons. The van der Waals surface area contributed by atoms with Crippen LogP contribution in [0.25, 0.3) is 10.9 Å². The third-order valence-corrected chi connectivity index (χ3v) is 4.60. The second-order valence-electron chi connectivity index (χ2n) is 7.59. The molecular weight excluding hydrogens is 417 g/mol. The largest absolute Gasteiger partial charge is 0.504 e. The Hall–Kier alpha value is -3.63. The van der Waals surface area contributed by atoms with Gasteiger partial charge in [0, 0.05) is 31.7 Å². The highest BCUT2D eigenvalue weighted by molar-refractivity contribution is 6.09. The number of carbonyl (C=O) groups is 2. The Balaban J connectivity index is 2.11. The Bertz CT molecular complexity index is 1150. The Kier molecular flexibility index (Phi) is 6.96. The normalized spacial score (nSPS) is 12.1. The summed E-state index contributed by atoms with van der Waals surface area (Å²) in [5.41, 5.74) is 3.67. The highest BCUT2D eigenvalue weighted by Gasteiger charge is 2.24. The summed E-state index contributed by atoms with van der Waals surface area (Å²) in [7, 11) is 3.24. The van der Waals surface area contributed by atoms with Gasteiger partial charge in [-0.2, -0.15) is 0 Å². The summed E-state index contributed by atoms with van der Waals surface area (Å²) >= 11 is 0. The Morgan fingerprint density at radius 2 is 1.81 bits per heavy atom. The summed E-state index contributed by atoms with van der Waals surface area (Å²) in [4.78, 5) is 33.8. The minimum atomic E-state index is -0.748. The number of benzene rings is 1. The lowest BCUT2D eigenvalue weighted by Gasteiger charge is -2.16. The van der Waals surface area contributed by atoms with E-state index in [1.165, 1.54) is 23.3 Å². The zero-order valence-electron chi connectivity index (χ0n) is 17.9. The summed E-state index contributed by atoms with van der Waals surface area (Å²) in [5.74, 6) is -2.16. The summed E-state index contributed by atoms with van der Waals surface area (Å²) in [5, 5.41) is 24.0. The van der Waals surface area contributed by atoms with Crippen LogP contribution in [0.1, 0.15) is 39.0 Å². The quantitative estimate of drug-likeness (QED) is 0.408. The molecule has 0 fully saturated rings. The average Bonchev–Trinajstić information content (AvgIpc) is 2.74. The van der Waals surface area contributed by atoms with Gasteiger partial charge in [0.25, 0.3) is 11.8 Å². The maximum absolute atomic E-state index is 13.2. The van der Waals surface area contributed by atoms with Crippen LogP contribution >= 0.6 is 0 Å². The van der Waals surface area contributed by atoms with Gasteiger partial charge in [0.15, 0.2) is 11.4 Å². The van der Waals surface area contributed by atoms with E-state index < -0.39 is 23.6 Å². The molecule has 9 nitrogen and oxygen atoms in total. The van der Waals surface area contributed by atoms with Crippen LogP contribution in [0.4, 0.5) is 4.39 Å². The number of hydrogen-bond acceptors (Lipinski definition) is 7. The van der Waals surface area contributed by atoms with Crippen molar-refractivity contribution in [3.63, 3.8) is 0 Å². The lowest BCUT2D eigenvalue weighted by Crippen LogP contribution is -2.38. The van der Waals surface area contributed by atoms with E-state index in [1.807, 2.05) is 0 Å². The van der Waals surface area contributed by atoms with Gasteiger partial charge in [-0.1, -0.05) is 12.1 Å². The van der Waals surface area contributed by atoms with Crippen LogP contribution in [-0.2, 0) is 6.42 Å². The monoisotopic (exact) mass is 441 g/mol. The Morgan fingerprint density at radius 3 is 2.44 bits per heavy atom. The molecule has 1 atom stereocenters. The third kappa shape index (κ3) is 5.16. The lowest BCUT2D eigenvalue weighted by molar-refractivity contribution is 0.0853. The topological polar surface area (TPSA) is 128 Å². The van der Waals surface area contributed by atoms with Crippen LogP contribution in [-0.4, -0.2) is 63.7 Å². The van der Waals surface area contributed by atoms with Crippen molar-refractivity contribution in [2.75, 3.05) is 20.7 Å². The molecule has 3 rings (SSSR count). The van der Waals surface area contributed by atoms with Crippen molar-refractivity contribution in [3.8, 4) is 5.75 Å². The first-order chi connectivity index (χ1) is 15.2. The first-order valence-electron chi connectivity index (χ1n) is 9.85. The zero-order valence-corrected chi connectivity index (χ0v) is 17.9. The zero-order chi connectivity index (χ0) is 23.4. The Labute approximate surface area is 183 Å². The van der Waals surface area contributed by atoms with E-state index in [2.05, 4.69) is 20.7 Å². The molecule has 2 heterocycles. The molecule has 0 aliphatic rings. The number of halogens is 1. The van der Waals surface area contributed by atoms with E-state index in [0.29, 0.717) is 12.0 Å². The van der Waals surface area contributed by atoms with E-state index in [9.17, 15) is 24.2 Å². The fourth-order valence-electron chi connectivity index (χ4n) is 3.07. The first kappa shape index (κ1) is 23.0. The van der Waals surface area contributed by atoms with Crippen molar-refractivity contribution in [1.29, 1.82) is 0 Å². The number of nitrogens with zero attached hydrogens (tertiary/aromatic N) is 3. The van der Waals surface area contributed by atoms with E-state index in [4.69, 9.17) is 0 Å². The van der Waals surface area contributed by atoms with E-state index in [1.54, 1.807) is 39.2 Å². The van der Waals surface area contributed by atoms with Crippen molar-refractivity contribution in [2.24, 2.45) is 0 Å². The van der Waals surface area contributed by atoms with Crippen LogP contribution in [0.3, 0.4) is 0 Å². The fraction of sp³-hybridized carbons (Fsp3) is 0.273. The molecule has 0 saturated heterocycles. The van der Waals surface area contributed by atoms with Crippen LogP contribution < -0.4 is 10.7 Å². The number of rotatable bonds is 7. The average molecular weight is 441 g/mol. The maximum Gasteiger partial charge on any atom is 0.284 e. The number of nitrogens with one attached hydrogen (secondary N) is 2. The second kappa shape index (κ2) is 9.67. The molecule has 0 spiro atoms. The molecule has 0 bridgehead atoms. The van der Waals surface area contributed by atoms with Gasteiger partial charge in [0.2, 0.25) is 0 Å². The minimum Gasteiger partial charge on any atom is -0.504 e. The van der Waals surface area contributed by atoms with Gasteiger partial charge in [0.1, 0.15) is 17.0 Å². The predicted octanol–water partition coefficient (Wildman–Crippen LogP) is 1.38. The predicted molar refractivity (Wildman–Crippen MR) is 116 cm³/mol. The summed E-state index contributed by atoms with van der Waals surface area (Å²) < 4.78 is 13.2. The SMILES string of the molecule is CC(CO)NC(=O)c1nc(C(=O)NN(C)C)c2cc(Cc3ccc(F)cc3)cnc2c1O. The Morgan fingerprint density at radius 1 is 1.12 bits per heavy atom. The molecule has 168 valence electrons. The van der Waals surface area contributed by atoms with Gasteiger partial charge in [-0.05, 0) is 42.7 Å². The van der Waals surface area contributed by atoms with E-state index in [0.717, 1.165) is 5.56 Å². The first-order valence-corrected chi connectivity index (χ1v) is 9.85. The van der Waals surface area contributed by atoms with Gasteiger partial charge in [0.05, 0.1) is 6.61 Å². The number of aliphatic hydroxyl groups is 1. The third-order valence-electron chi connectivity index (χ3n) is 4.60. The number of aromatic nitrogens is 2. The standard InChI is InChI=1S/C22H24FN5O4/c1-12(11-29)25-21(31)19-20(30)17-16(18(26-19)22(32)27-28(2)3)9-14(10-24-17)8-13-4-6-15(23)7-5-13/h4-7,9-10,12,29-30H,8,11H2,1-3H3,(H,25,31)(H,27,32). The molecular formula is C22H24FN5O4. The van der Waals surface area contributed by atoms with Crippen LogP contribution in [0, 0.1) is 5.82 Å². The number of amides is 2. The van der Waals surface area contributed by atoms with E-state index >= 15 is 0 Å². The molecule has 10 heteroatoms. The summed E-state index contributed by atoms with van der Waals surface area (Å²) in [6.45, 7) is 1.27. The molecule has 2 amide bonds. The number of hydrogen-bond donors (Lipinski definition) is 4. The highest BCUT2D eigenvalue weighted by atomic mass is 19.1. The van der Waals surface area contributed by atoms with E-state index in [-0.39, 0.29) is 34.7 Å². The molecule has 0 aliphatic heterocycles. The number of pyridine rings is 2. The summed E-state index contributed by atoms with van der Waals surface area (Å²) in [6, 6.07) is 7.07. The summed E-state index contributed by atoms with van der Waals surface area (Å²) in [6.07, 6.45) is 1.92. The second-order valence-corrected chi connectivity index (χ2v) is 7.59. The molecule has 32 heavy (non-hydrogen) atoms. The molecule has 2 aromatic heterocycles. The van der Waals surface area contributed by atoms with Gasteiger partial charge in [-0.25, -0.2) is 14.4 Å². The van der Waals surface area contributed by atoms with Gasteiger partial charge in [-0.3, -0.25) is 20.0 Å². The van der Waals surface area contributed by atoms with Crippen molar-refractivity contribution >= 4 is 22.7 Å². The van der Waals surface area contributed by atoms with Crippen molar-refractivity contribution < 1.29 is 24.2 Å². The van der Waals surface area contributed by atoms with Gasteiger partial charge < -0.3 is 15.5 Å². The smallest absolute Gasteiger partial charge is 0.284 e. The number of aliphatic hydroxyl groups excluding tert-OH is 1. The van der Waals surface area contributed by atoms with Gasteiger partial charge >= 0.3 is 0 Å². The number of aromatic hydroxyl groups is 1. The lowest BCUT2D eigenvalue weighted by atomic mass is 10.0. The molecule has 4 N–H and O–H groups in total. The molecule has 1 unspecified atom stereocenters. The number of carbonyl (C=O) groups excluding carboxylic acids is 2. The minimum absolute atomic E-state index is 0.0357. The van der Waals surface area contributed by atoms with Crippen LogP contribution in [0.15, 0.2) is 36.5 Å². The van der Waals surface area contributed by atoms with Crippen molar-refractivity contribution in [1.82, 2.24) is 25.7 Å². The molecule has 0 aliphatic carbocycles. The van der Waals surface area contributed by atoms with Crippen LogP contribution in [0.5, 0.6) is 5.75 Å². The number of fused-ring (bicyclic) bond motifs is 1. The van der Waals surface area contributed by atoms with Crippen molar-refractivity contribution in [2.45, 2.75) is 19.4 Å². The molecule has 3 aromatic rings. The molecule has 1 aromatic carbocycles. The molecule has 0 saturated carbocycles. The van der Waals surface area contributed by atoms with Gasteiger partial charge in [-0.15, -0.1) is 0 Å². The maximum atomic E-state index is 13.2. The van der Waals surface area contributed by atoms with Crippen molar-refractivity contribution in [3.05, 3.63) is 64.9 Å². The highest BCUT2D eigenvalue weighted by Crippen LogP contribution is 2.29. The van der Waals surface area contributed by atoms with Crippen LogP contribution in [0.2, 0.25) is 0 Å².